The van der Waals surface area contributed by atoms with Crippen LogP contribution < -0.4 is 0 Å². The maximum absolute atomic E-state index is 11.3. The molecule has 1 rings (SSSR count). The lowest BCUT2D eigenvalue weighted by Crippen LogP contribution is -2.03. The summed E-state index contributed by atoms with van der Waals surface area (Å²) >= 11 is 0. The van der Waals surface area contributed by atoms with Crippen molar-refractivity contribution in [3.63, 3.8) is 0 Å². The normalized spacial score (nSPS) is 12.2. The minimum Gasteiger partial charge on any atom is -0.508 e. The van der Waals surface area contributed by atoms with Crippen molar-refractivity contribution < 1.29 is 25.2 Å². The molecule has 0 saturated heterocycles. The summed E-state index contributed by atoms with van der Waals surface area (Å²) in [7, 11) is 0. The summed E-state index contributed by atoms with van der Waals surface area (Å²) in [4.78, 5) is 11.3. The van der Waals surface area contributed by atoms with E-state index in [1.165, 1.54) is 63.9 Å². The molecule has 0 bridgehead atoms. The van der Waals surface area contributed by atoms with E-state index in [1.807, 2.05) is 6.92 Å². The molecule has 5 heteroatoms. The molecule has 0 heterocycles. The fourth-order valence-electron chi connectivity index (χ4n) is 3.81. The van der Waals surface area contributed by atoms with Crippen molar-refractivity contribution >= 4 is 5.97 Å². The largest absolute Gasteiger partial charge is 0.508 e. The Morgan fingerprint density at radius 3 is 1.69 bits per heavy atom. The Labute approximate surface area is 175 Å². The summed E-state index contributed by atoms with van der Waals surface area (Å²) < 4.78 is 0. The van der Waals surface area contributed by atoms with Crippen LogP contribution >= 0.6 is 0 Å². The molecule has 29 heavy (non-hydrogen) atoms. The van der Waals surface area contributed by atoms with Crippen LogP contribution in [0.15, 0.2) is 12.1 Å². The maximum Gasteiger partial charge on any atom is 0.339 e. The van der Waals surface area contributed by atoms with Gasteiger partial charge in [-0.2, -0.15) is 0 Å². The van der Waals surface area contributed by atoms with E-state index in [0.29, 0.717) is 12.0 Å². The molecule has 0 aliphatic carbocycles. The van der Waals surface area contributed by atoms with Gasteiger partial charge in [0, 0.05) is 6.07 Å². The predicted molar refractivity (Wildman–Crippen MR) is 117 cm³/mol. The Balaban J connectivity index is 1.99. The van der Waals surface area contributed by atoms with Gasteiger partial charge < -0.3 is 20.4 Å². The number of phenolic OH excluding ortho intramolecular Hbond substituents is 1. The first-order valence-electron chi connectivity index (χ1n) is 11.4. The summed E-state index contributed by atoms with van der Waals surface area (Å²) in [5.41, 5.74) is 0.409. The second-order valence-corrected chi connectivity index (χ2v) is 8.29. The molecule has 0 saturated carbocycles. The summed E-state index contributed by atoms with van der Waals surface area (Å²) in [5.74, 6) is -1.62. The SMILES string of the molecule is C[C@@H](O)CCCCCCCCCCCCCCCc1cc(O)cc(O)c1C(=O)O. The molecule has 0 unspecified atom stereocenters. The summed E-state index contributed by atoms with van der Waals surface area (Å²) in [6.45, 7) is 1.86. The highest BCUT2D eigenvalue weighted by molar-refractivity contribution is 5.92. The van der Waals surface area contributed by atoms with Crippen LogP contribution in [0.4, 0.5) is 0 Å². The number of hydrogen-bond acceptors (Lipinski definition) is 4. The molecule has 0 radical (unpaired) electrons. The number of carboxylic acids is 1. The summed E-state index contributed by atoms with van der Waals surface area (Å²) in [6.07, 6.45) is 17.0. The number of carbonyl (C=O) groups is 1. The third-order valence-electron chi connectivity index (χ3n) is 5.47. The van der Waals surface area contributed by atoms with Gasteiger partial charge in [0.05, 0.1) is 6.10 Å². The fourth-order valence-corrected chi connectivity index (χ4v) is 3.81. The number of carboxylic acid groups (broad SMARTS) is 1. The molecule has 5 nitrogen and oxygen atoms in total. The molecule has 0 fully saturated rings. The van der Waals surface area contributed by atoms with Gasteiger partial charge in [0.25, 0.3) is 0 Å². The molecule has 0 spiro atoms. The van der Waals surface area contributed by atoms with Gasteiger partial charge in [0.15, 0.2) is 0 Å². The van der Waals surface area contributed by atoms with E-state index in [1.54, 1.807) is 0 Å². The number of phenols is 2. The monoisotopic (exact) mass is 408 g/mol. The van der Waals surface area contributed by atoms with Crippen LogP contribution in [-0.2, 0) is 6.42 Å². The molecule has 0 amide bonds. The van der Waals surface area contributed by atoms with Crippen LogP contribution in [0.3, 0.4) is 0 Å². The quantitative estimate of drug-likeness (QED) is 0.231. The van der Waals surface area contributed by atoms with Gasteiger partial charge >= 0.3 is 5.97 Å². The van der Waals surface area contributed by atoms with Crippen LogP contribution in [0.2, 0.25) is 0 Å². The molecule has 1 aromatic rings. The number of aromatic hydroxyl groups is 2. The first kappa shape index (κ1) is 25.3. The first-order chi connectivity index (χ1) is 13.9. The second kappa shape index (κ2) is 15.1. The molecule has 1 atom stereocenters. The zero-order chi connectivity index (χ0) is 21.5. The molecule has 166 valence electrons. The van der Waals surface area contributed by atoms with Crippen molar-refractivity contribution in [2.75, 3.05) is 0 Å². The number of aromatic carboxylic acids is 1. The van der Waals surface area contributed by atoms with E-state index in [4.69, 9.17) is 0 Å². The van der Waals surface area contributed by atoms with Gasteiger partial charge in [-0.1, -0.05) is 77.0 Å². The van der Waals surface area contributed by atoms with Gasteiger partial charge in [0.2, 0.25) is 0 Å². The number of aliphatic hydroxyl groups excluding tert-OH is 1. The van der Waals surface area contributed by atoms with Crippen molar-refractivity contribution in [1.29, 1.82) is 0 Å². The third kappa shape index (κ3) is 11.7. The Hall–Kier alpha value is -1.75. The van der Waals surface area contributed by atoms with Crippen LogP contribution in [0.5, 0.6) is 11.5 Å². The fraction of sp³-hybridized carbons (Fsp3) is 0.708. The number of rotatable bonds is 17. The van der Waals surface area contributed by atoms with Gasteiger partial charge in [-0.15, -0.1) is 0 Å². The van der Waals surface area contributed by atoms with Crippen molar-refractivity contribution in [3.05, 3.63) is 23.3 Å². The standard InChI is InChI=1S/C24H40O5/c1-19(25)15-13-11-9-7-5-3-2-4-6-8-10-12-14-16-20-17-21(26)18-22(27)23(20)24(28)29/h17-19,25-27H,2-16H2,1H3,(H,28,29)/t19-/m1/s1. The first-order valence-corrected chi connectivity index (χ1v) is 11.4. The van der Waals surface area contributed by atoms with Crippen LogP contribution in [0, 0.1) is 0 Å². The molecule has 4 N–H and O–H groups in total. The van der Waals surface area contributed by atoms with Crippen molar-refractivity contribution in [1.82, 2.24) is 0 Å². The Morgan fingerprint density at radius 1 is 0.793 bits per heavy atom. The topological polar surface area (TPSA) is 98.0 Å². The van der Waals surface area contributed by atoms with Gasteiger partial charge in [-0.3, -0.25) is 0 Å². The lowest BCUT2D eigenvalue weighted by Gasteiger charge is -2.09. The highest BCUT2D eigenvalue weighted by Crippen LogP contribution is 2.28. The van der Waals surface area contributed by atoms with Crippen LogP contribution in [0.25, 0.3) is 0 Å². The minimum absolute atomic E-state index is 0.0919. The van der Waals surface area contributed by atoms with Crippen molar-refractivity contribution in [2.24, 2.45) is 0 Å². The minimum atomic E-state index is -1.16. The molecular weight excluding hydrogens is 368 g/mol. The van der Waals surface area contributed by atoms with E-state index < -0.39 is 5.97 Å². The number of benzene rings is 1. The van der Waals surface area contributed by atoms with Gasteiger partial charge in [0.1, 0.15) is 17.1 Å². The Bertz CT molecular complexity index is 583. The van der Waals surface area contributed by atoms with Crippen LogP contribution in [0.1, 0.15) is 113 Å². The molecule has 0 aliphatic rings. The Morgan fingerprint density at radius 2 is 1.24 bits per heavy atom. The molecule has 1 aromatic carbocycles. The zero-order valence-electron chi connectivity index (χ0n) is 18.0. The van der Waals surface area contributed by atoms with E-state index in [9.17, 15) is 25.2 Å². The van der Waals surface area contributed by atoms with Gasteiger partial charge in [-0.05, 0) is 37.8 Å². The average molecular weight is 409 g/mol. The zero-order valence-corrected chi connectivity index (χ0v) is 18.0. The third-order valence-corrected chi connectivity index (χ3v) is 5.47. The molecule has 0 aliphatic heterocycles. The smallest absolute Gasteiger partial charge is 0.339 e. The van der Waals surface area contributed by atoms with Crippen molar-refractivity contribution in [3.8, 4) is 11.5 Å². The highest BCUT2D eigenvalue weighted by atomic mass is 16.4. The number of hydrogen-bond donors (Lipinski definition) is 4. The van der Waals surface area contributed by atoms with E-state index in [-0.39, 0.29) is 23.2 Å². The summed E-state index contributed by atoms with van der Waals surface area (Å²) in [5, 5.41) is 37.7. The molecular formula is C24H40O5. The van der Waals surface area contributed by atoms with E-state index in [2.05, 4.69) is 0 Å². The lowest BCUT2D eigenvalue weighted by molar-refractivity contribution is 0.0692. The lowest BCUT2D eigenvalue weighted by atomic mass is 9.99. The number of aryl methyl sites for hydroxylation is 1. The predicted octanol–water partition coefficient (Wildman–Crippen LogP) is 6.18. The maximum atomic E-state index is 11.3. The van der Waals surface area contributed by atoms with E-state index >= 15 is 0 Å². The van der Waals surface area contributed by atoms with Crippen LogP contribution in [-0.4, -0.2) is 32.5 Å². The number of unbranched alkanes of at least 4 members (excludes halogenated alkanes) is 12. The van der Waals surface area contributed by atoms with Crippen molar-refractivity contribution in [2.45, 2.75) is 109 Å². The molecule has 0 aromatic heterocycles. The Kier molecular flexibility index (Phi) is 13.2. The van der Waals surface area contributed by atoms with E-state index in [0.717, 1.165) is 38.2 Å². The van der Waals surface area contributed by atoms with Gasteiger partial charge in [-0.25, -0.2) is 4.79 Å². The average Bonchev–Trinajstić information content (AvgIpc) is 2.63. The highest BCUT2D eigenvalue weighted by Gasteiger charge is 2.16. The summed E-state index contributed by atoms with van der Waals surface area (Å²) in [6, 6.07) is 2.51. The second-order valence-electron chi connectivity index (χ2n) is 8.29. The number of aliphatic hydroxyl groups is 1.